The standard InChI is InChI=1S/C18H30O4/c1-4-5-6-7-8-9-10-11-12-13-15-16(18(20)21-3)14(2)17(19)22-15/h15-16H,2,4-13H2,1,3H3/t15-,16+/m1/s1. The molecule has 1 saturated heterocycles. The summed E-state index contributed by atoms with van der Waals surface area (Å²) >= 11 is 0. The Morgan fingerprint density at radius 2 is 1.64 bits per heavy atom. The Kier molecular flexibility index (Phi) is 8.86. The Hall–Kier alpha value is -1.32. The van der Waals surface area contributed by atoms with Crippen molar-refractivity contribution in [2.75, 3.05) is 7.11 Å². The highest BCUT2D eigenvalue weighted by Gasteiger charge is 2.43. The van der Waals surface area contributed by atoms with E-state index in [-0.39, 0.29) is 5.57 Å². The summed E-state index contributed by atoms with van der Waals surface area (Å²) < 4.78 is 9.98. The van der Waals surface area contributed by atoms with E-state index in [2.05, 4.69) is 13.5 Å². The quantitative estimate of drug-likeness (QED) is 0.326. The molecule has 0 N–H and O–H groups in total. The average molecular weight is 310 g/mol. The van der Waals surface area contributed by atoms with E-state index in [0.717, 1.165) is 12.8 Å². The number of hydrogen-bond acceptors (Lipinski definition) is 4. The number of carbonyl (C=O) groups is 2. The first kappa shape index (κ1) is 18.7. The Morgan fingerprint density at radius 1 is 1.09 bits per heavy atom. The Bertz CT molecular complexity index is 375. The molecule has 0 aromatic rings. The van der Waals surface area contributed by atoms with Crippen LogP contribution >= 0.6 is 0 Å². The van der Waals surface area contributed by atoms with Crippen LogP contribution < -0.4 is 0 Å². The third-order valence-corrected chi connectivity index (χ3v) is 4.32. The van der Waals surface area contributed by atoms with Gasteiger partial charge in [-0.25, -0.2) is 4.79 Å². The first-order valence-corrected chi connectivity index (χ1v) is 8.59. The second kappa shape index (κ2) is 10.4. The summed E-state index contributed by atoms with van der Waals surface area (Å²) in [5.74, 6) is -1.50. The molecule has 1 rings (SSSR count). The molecule has 1 heterocycles. The fourth-order valence-electron chi connectivity index (χ4n) is 2.94. The van der Waals surface area contributed by atoms with Crippen molar-refractivity contribution in [3.05, 3.63) is 12.2 Å². The molecule has 1 aliphatic rings. The summed E-state index contributed by atoms with van der Waals surface area (Å²) in [5.41, 5.74) is 0.229. The Balaban J connectivity index is 2.17. The lowest BCUT2D eigenvalue weighted by Gasteiger charge is -2.15. The number of ether oxygens (including phenoxy) is 2. The molecule has 0 saturated carbocycles. The molecule has 2 atom stereocenters. The molecular formula is C18H30O4. The van der Waals surface area contributed by atoms with E-state index in [0.29, 0.717) is 6.42 Å². The van der Waals surface area contributed by atoms with Crippen LogP contribution in [0, 0.1) is 5.92 Å². The van der Waals surface area contributed by atoms with Crippen LogP contribution in [0.4, 0.5) is 0 Å². The van der Waals surface area contributed by atoms with Crippen LogP contribution in [0.3, 0.4) is 0 Å². The SMILES string of the molecule is C=C1C(=O)O[C@H](CCCCCCCCCCC)[C@H]1C(=O)OC. The van der Waals surface area contributed by atoms with Crippen LogP contribution in [0.2, 0.25) is 0 Å². The van der Waals surface area contributed by atoms with E-state index in [9.17, 15) is 9.59 Å². The zero-order valence-electron chi connectivity index (χ0n) is 14.1. The third kappa shape index (κ3) is 5.82. The molecule has 126 valence electrons. The lowest BCUT2D eigenvalue weighted by atomic mass is 9.93. The zero-order valence-corrected chi connectivity index (χ0v) is 14.1. The maximum atomic E-state index is 11.7. The van der Waals surface area contributed by atoms with Crippen molar-refractivity contribution >= 4 is 11.9 Å². The molecule has 0 aromatic heterocycles. The van der Waals surface area contributed by atoms with Crippen molar-refractivity contribution < 1.29 is 19.1 Å². The van der Waals surface area contributed by atoms with Crippen LogP contribution in [0.15, 0.2) is 12.2 Å². The van der Waals surface area contributed by atoms with E-state index < -0.39 is 24.0 Å². The van der Waals surface area contributed by atoms with Gasteiger partial charge in [0.15, 0.2) is 0 Å². The number of cyclic esters (lactones) is 1. The van der Waals surface area contributed by atoms with Crippen molar-refractivity contribution in [1.82, 2.24) is 0 Å². The van der Waals surface area contributed by atoms with Crippen molar-refractivity contribution in [2.24, 2.45) is 5.92 Å². The fraction of sp³-hybridized carbons (Fsp3) is 0.778. The van der Waals surface area contributed by atoms with Crippen LogP contribution in [0.1, 0.15) is 71.1 Å². The smallest absolute Gasteiger partial charge is 0.334 e. The number of rotatable bonds is 11. The van der Waals surface area contributed by atoms with Gasteiger partial charge in [0, 0.05) is 5.57 Å². The number of esters is 2. The molecule has 22 heavy (non-hydrogen) atoms. The molecular weight excluding hydrogens is 280 g/mol. The van der Waals surface area contributed by atoms with E-state index >= 15 is 0 Å². The van der Waals surface area contributed by atoms with Crippen LogP contribution in [0.25, 0.3) is 0 Å². The van der Waals surface area contributed by atoms with E-state index in [1.807, 2.05) is 0 Å². The highest BCUT2D eigenvalue weighted by Crippen LogP contribution is 2.31. The van der Waals surface area contributed by atoms with Crippen LogP contribution in [-0.4, -0.2) is 25.2 Å². The van der Waals surface area contributed by atoms with Crippen LogP contribution in [0.5, 0.6) is 0 Å². The predicted molar refractivity (Wildman–Crippen MR) is 86.4 cm³/mol. The lowest BCUT2D eigenvalue weighted by molar-refractivity contribution is -0.147. The Morgan fingerprint density at radius 3 is 2.18 bits per heavy atom. The van der Waals surface area contributed by atoms with Crippen molar-refractivity contribution in [3.8, 4) is 0 Å². The largest absolute Gasteiger partial charge is 0.468 e. The summed E-state index contributed by atoms with van der Waals surface area (Å²) in [6.07, 6.45) is 11.5. The van der Waals surface area contributed by atoms with Gasteiger partial charge in [-0.1, -0.05) is 64.9 Å². The van der Waals surface area contributed by atoms with Gasteiger partial charge in [-0.2, -0.15) is 0 Å². The normalized spacial score (nSPS) is 21.0. The second-order valence-electron chi connectivity index (χ2n) is 6.09. The molecule has 4 nitrogen and oxygen atoms in total. The number of carbonyl (C=O) groups excluding carboxylic acids is 2. The van der Waals surface area contributed by atoms with E-state index in [1.165, 1.54) is 52.1 Å². The molecule has 4 heteroatoms. The Labute approximate surface area is 134 Å². The van der Waals surface area contributed by atoms with Gasteiger partial charge < -0.3 is 9.47 Å². The van der Waals surface area contributed by atoms with Gasteiger partial charge in [0.2, 0.25) is 0 Å². The molecule has 0 unspecified atom stereocenters. The second-order valence-corrected chi connectivity index (χ2v) is 6.09. The lowest BCUT2D eigenvalue weighted by Crippen LogP contribution is -2.26. The zero-order chi connectivity index (χ0) is 16.4. The summed E-state index contributed by atoms with van der Waals surface area (Å²) in [4.78, 5) is 23.3. The maximum absolute atomic E-state index is 11.7. The van der Waals surface area contributed by atoms with Gasteiger partial charge in [-0.05, 0) is 12.8 Å². The molecule has 0 spiro atoms. The third-order valence-electron chi connectivity index (χ3n) is 4.32. The monoisotopic (exact) mass is 310 g/mol. The summed E-state index contributed by atoms with van der Waals surface area (Å²) in [6, 6.07) is 0. The van der Waals surface area contributed by atoms with E-state index in [1.54, 1.807) is 0 Å². The molecule has 0 bridgehead atoms. The molecule has 0 amide bonds. The summed E-state index contributed by atoms with van der Waals surface area (Å²) in [6.45, 7) is 5.88. The van der Waals surface area contributed by atoms with Gasteiger partial charge in [-0.3, -0.25) is 4.79 Å². The highest BCUT2D eigenvalue weighted by molar-refractivity contribution is 5.98. The molecule has 0 radical (unpaired) electrons. The van der Waals surface area contributed by atoms with Crippen molar-refractivity contribution in [3.63, 3.8) is 0 Å². The number of hydrogen-bond donors (Lipinski definition) is 0. The van der Waals surface area contributed by atoms with Gasteiger partial charge in [0.05, 0.1) is 7.11 Å². The summed E-state index contributed by atoms with van der Waals surface area (Å²) in [5, 5.41) is 0. The van der Waals surface area contributed by atoms with Crippen LogP contribution in [-0.2, 0) is 19.1 Å². The number of unbranched alkanes of at least 4 members (excludes halogenated alkanes) is 8. The first-order valence-electron chi connectivity index (χ1n) is 8.59. The average Bonchev–Trinajstić information content (AvgIpc) is 2.79. The minimum atomic E-state index is -0.619. The minimum Gasteiger partial charge on any atom is -0.468 e. The number of methoxy groups -OCH3 is 1. The molecule has 0 aliphatic carbocycles. The molecule has 1 fully saturated rings. The first-order chi connectivity index (χ1) is 10.6. The van der Waals surface area contributed by atoms with Gasteiger partial charge in [-0.15, -0.1) is 0 Å². The van der Waals surface area contributed by atoms with Crippen molar-refractivity contribution in [1.29, 1.82) is 0 Å². The van der Waals surface area contributed by atoms with Gasteiger partial charge in [0.25, 0.3) is 0 Å². The maximum Gasteiger partial charge on any atom is 0.334 e. The molecule has 0 aromatic carbocycles. The topological polar surface area (TPSA) is 52.6 Å². The summed E-state index contributed by atoms with van der Waals surface area (Å²) in [7, 11) is 1.33. The van der Waals surface area contributed by atoms with Gasteiger partial charge >= 0.3 is 11.9 Å². The van der Waals surface area contributed by atoms with E-state index in [4.69, 9.17) is 9.47 Å². The minimum absolute atomic E-state index is 0.229. The van der Waals surface area contributed by atoms with Crippen molar-refractivity contribution in [2.45, 2.75) is 77.2 Å². The molecule has 1 aliphatic heterocycles. The van der Waals surface area contributed by atoms with Gasteiger partial charge in [0.1, 0.15) is 12.0 Å². The highest BCUT2D eigenvalue weighted by atomic mass is 16.6. The fourth-order valence-corrected chi connectivity index (χ4v) is 2.94. The predicted octanol–water partition coefficient (Wildman–Crippen LogP) is 4.18.